The van der Waals surface area contributed by atoms with E-state index in [0.717, 1.165) is 5.56 Å². The van der Waals surface area contributed by atoms with Crippen molar-refractivity contribution in [3.63, 3.8) is 0 Å². The summed E-state index contributed by atoms with van der Waals surface area (Å²) in [6.07, 6.45) is -0.867. The Kier molecular flexibility index (Phi) is 4.72. The average Bonchev–Trinajstić information content (AvgIpc) is 2.41. The first-order valence-corrected chi connectivity index (χ1v) is 6.22. The zero-order chi connectivity index (χ0) is 13.0. The molecule has 0 radical (unpaired) electrons. The molecular weight excluding hydrogens is 232 g/mol. The Hall–Kier alpha value is -0.940. The highest BCUT2D eigenvalue weighted by atomic mass is 16.7. The Morgan fingerprint density at radius 2 is 2.06 bits per heavy atom. The van der Waals surface area contributed by atoms with E-state index in [4.69, 9.17) is 14.2 Å². The maximum Gasteiger partial charge on any atom is 0.161 e. The third-order valence-electron chi connectivity index (χ3n) is 3.23. The van der Waals surface area contributed by atoms with Gasteiger partial charge in [-0.1, -0.05) is 30.3 Å². The summed E-state index contributed by atoms with van der Waals surface area (Å²) in [7, 11) is 1.60. The first-order valence-electron chi connectivity index (χ1n) is 6.22. The van der Waals surface area contributed by atoms with Gasteiger partial charge in [0.25, 0.3) is 0 Å². The minimum atomic E-state index is -0.591. The predicted molar refractivity (Wildman–Crippen MR) is 67.0 cm³/mol. The van der Waals surface area contributed by atoms with E-state index in [1.807, 2.05) is 37.3 Å². The molecule has 1 fully saturated rings. The molecule has 0 aromatic heterocycles. The molecule has 1 heterocycles. The molecule has 4 nitrogen and oxygen atoms in total. The molecule has 0 saturated carbocycles. The molecular formula is C14H20O4. The van der Waals surface area contributed by atoms with Gasteiger partial charge in [0.05, 0.1) is 18.8 Å². The highest BCUT2D eigenvalue weighted by molar-refractivity contribution is 5.13. The van der Waals surface area contributed by atoms with Crippen LogP contribution in [-0.2, 0) is 20.8 Å². The summed E-state index contributed by atoms with van der Waals surface area (Å²) in [5.74, 6) is 0. The van der Waals surface area contributed by atoms with Crippen molar-refractivity contribution in [2.24, 2.45) is 0 Å². The molecule has 18 heavy (non-hydrogen) atoms. The number of aliphatic hydroxyl groups excluding tert-OH is 1. The summed E-state index contributed by atoms with van der Waals surface area (Å²) >= 11 is 0. The van der Waals surface area contributed by atoms with Crippen LogP contribution in [0.15, 0.2) is 30.3 Å². The van der Waals surface area contributed by atoms with Gasteiger partial charge in [-0.2, -0.15) is 0 Å². The van der Waals surface area contributed by atoms with Crippen molar-refractivity contribution in [2.75, 3.05) is 7.11 Å². The van der Waals surface area contributed by atoms with Gasteiger partial charge in [0, 0.05) is 13.5 Å². The van der Waals surface area contributed by atoms with Crippen molar-refractivity contribution in [2.45, 2.75) is 44.6 Å². The topological polar surface area (TPSA) is 47.9 Å². The molecule has 1 N–H and O–H groups in total. The number of methoxy groups -OCH3 is 1. The van der Waals surface area contributed by atoms with Crippen LogP contribution in [-0.4, -0.2) is 36.8 Å². The molecule has 0 aliphatic carbocycles. The van der Waals surface area contributed by atoms with Crippen LogP contribution < -0.4 is 0 Å². The third kappa shape index (κ3) is 3.29. The van der Waals surface area contributed by atoms with E-state index in [-0.39, 0.29) is 18.5 Å². The van der Waals surface area contributed by atoms with Gasteiger partial charge in [0.1, 0.15) is 6.10 Å². The lowest BCUT2D eigenvalue weighted by Gasteiger charge is -2.36. The normalized spacial score (nSPS) is 32.4. The van der Waals surface area contributed by atoms with Crippen LogP contribution in [0.5, 0.6) is 0 Å². The van der Waals surface area contributed by atoms with E-state index in [1.165, 1.54) is 0 Å². The van der Waals surface area contributed by atoms with Crippen LogP contribution in [0, 0.1) is 0 Å². The largest absolute Gasteiger partial charge is 0.388 e. The van der Waals surface area contributed by atoms with E-state index < -0.39 is 6.10 Å². The van der Waals surface area contributed by atoms with Gasteiger partial charge in [-0.15, -0.1) is 0 Å². The summed E-state index contributed by atoms with van der Waals surface area (Å²) in [6.45, 7) is 2.33. The first kappa shape index (κ1) is 13.5. The second-order valence-electron chi connectivity index (χ2n) is 4.57. The van der Waals surface area contributed by atoms with Gasteiger partial charge in [-0.25, -0.2) is 0 Å². The van der Waals surface area contributed by atoms with E-state index >= 15 is 0 Å². The molecule has 1 aromatic rings. The highest BCUT2D eigenvalue weighted by Gasteiger charge is 2.35. The van der Waals surface area contributed by atoms with Gasteiger partial charge in [-0.05, 0) is 12.5 Å². The zero-order valence-corrected chi connectivity index (χ0v) is 10.8. The quantitative estimate of drug-likeness (QED) is 0.886. The SMILES string of the molecule is CO[C@H]1C[C@H](OCc2ccccc2)O[C@@H](C)[C@@H]1O. The smallest absolute Gasteiger partial charge is 0.161 e. The number of aliphatic hydroxyl groups is 1. The summed E-state index contributed by atoms with van der Waals surface area (Å²) in [5, 5.41) is 9.83. The summed E-state index contributed by atoms with van der Waals surface area (Å²) < 4.78 is 16.6. The molecule has 1 aliphatic heterocycles. The summed E-state index contributed by atoms with van der Waals surface area (Å²) in [6, 6.07) is 9.94. The molecule has 1 saturated heterocycles. The standard InChI is InChI=1S/C14H20O4/c1-10-14(15)12(16-2)8-13(18-10)17-9-11-6-4-3-5-7-11/h3-7,10,12-15H,8-9H2,1-2H3/t10-,12-,13+,14-/m0/s1. The summed E-state index contributed by atoms with van der Waals surface area (Å²) in [5.41, 5.74) is 1.11. The zero-order valence-electron chi connectivity index (χ0n) is 10.8. The minimum absolute atomic E-state index is 0.227. The fourth-order valence-electron chi connectivity index (χ4n) is 2.11. The van der Waals surface area contributed by atoms with Crippen molar-refractivity contribution >= 4 is 0 Å². The van der Waals surface area contributed by atoms with E-state index in [9.17, 15) is 5.11 Å². The van der Waals surface area contributed by atoms with Crippen LogP contribution in [0.2, 0.25) is 0 Å². The highest BCUT2D eigenvalue weighted by Crippen LogP contribution is 2.23. The van der Waals surface area contributed by atoms with Crippen molar-refractivity contribution < 1.29 is 19.3 Å². The Morgan fingerprint density at radius 1 is 1.33 bits per heavy atom. The van der Waals surface area contributed by atoms with Crippen LogP contribution in [0.4, 0.5) is 0 Å². The van der Waals surface area contributed by atoms with E-state index in [1.54, 1.807) is 7.11 Å². The first-order chi connectivity index (χ1) is 8.70. The summed E-state index contributed by atoms with van der Waals surface area (Å²) in [4.78, 5) is 0. The fraction of sp³-hybridized carbons (Fsp3) is 0.571. The van der Waals surface area contributed by atoms with Crippen molar-refractivity contribution in [1.82, 2.24) is 0 Å². The van der Waals surface area contributed by atoms with Crippen LogP contribution >= 0.6 is 0 Å². The lowest BCUT2D eigenvalue weighted by atomic mass is 10.0. The molecule has 2 rings (SSSR count). The van der Waals surface area contributed by atoms with Crippen LogP contribution in [0.3, 0.4) is 0 Å². The molecule has 4 heteroatoms. The Bertz CT molecular complexity index is 354. The molecule has 4 atom stereocenters. The monoisotopic (exact) mass is 252 g/mol. The van der Waals surface area contributed by atoms with Gasteiger partial charge >= 0.3 is 0 Å². The molecule has 1 aromatic carbocycles. The Balaban J connectivity index is 1.86. The maximum absolute atomic E-state index is 9.83. The lowest BCUT2D eigenvalue weighted by Crippen LogP contribution is -2.48. The average molecular weight is 252 g/mol. The maximum atomic E-state index is 9.83. The molecule has 0 amide bonds. The molecule has 100 valence electrons. The number of benzene rings is 1. The number of hydrogen-bond acceptors (Lipinski definition) is 4. The minimum Gasteiger partial charge on any atom is -0.388 e. The predicted octanol–water partition coefficient (Wildman–Crippen LogP) is 1.71. The molecule has 1 aliphatic rings. The lowest BCUT2D eigenvalue weighted by molar-refractivity contribution is -0.253. The van der Waals surface area contributed by atoms with Crippen LogP contribution in [0.25, 0.3) is 0 Å². The van der Waals surface area contributed by atoms with E-state index in [0.29, 0.717) is 13.0 Å². The van der Waals surface area contributed by atoms with Crippen molar-refractivity contribution in [1.29, 1.82) is 0 Å². The number of ether oxygens (including phenoxy) is 3. The molecule has 0 unspecified atom stereocenters. The number of rotatable bonds is 4. The fourth-order valence-corrected chi connectivity index (χ4v) is 2.11. The van der Waals surface area contributed by atoms with Crippen LogP contribution in [0.1, 0.15) is 18.9 Å². The van der Waals surface area contributed by atoms with Gasteiger partial charge in [0.15, 0.2) is 6.29 Å². The van der Waals surface area contributed by atoms with Crippen molar-refractivity contribution in [3.05, 3.63) is 35.9 Å². The van der Waals surface area contributed by atoms with E-state index in [2.05, 4.69) is 0 Å². The van der Waals surface area contributed by atoms with Gasteiger partial charge in [-0.3, -0.25) is 0 Å². The second-order valence-corrected chi connectivity index (χ2v) is 4.57. The Morgan fingerprint density at radius 3 is 2.72 bits per heavy atom. The molecule has 0 bridgehead atoms. The molecule has 0 spiro atoms. The second kappa shape index (κ2) is 6.29. The Labute approximate surface area is 107 Å². The van der Waals surface area contributed by atoms with Gasteiger partial charge in [0.2, 0.25) is 0 Å². The van der Waals surface area contributed by atoms with Gasteiger partial charge < -0.3 is 19.3 Å². The van der Waals surface area contributed by atoms with Crippen molar-refractivity contribution in [3.8, 4) is 0 Å². The third-order valence-corrected chi connectivity index (χ3v) is 3.23. The number of hydrogen-bond donors (Lipinski definition) is 1.